The van der Waals surface area contributed by atoms with Gasteiger partial charge < -0.3 is 5.32 Å². The lowest BCUT2D eigenvalue weighted by Crippen LogP contribution is -2.24. The highest BCUT2D eigenvalue weighted by atomic mass is 32.1. The first-order valence-corrected chi connectivity index (χ1v) is 9.16. The van der Waals surface area contributed by atoms with Crippen LogP contribution in [0.15, 0.2) is 71.8 Å². The Morgan fingerprint density at radius 2 is 1.81 bits per heavy atom. The number of rotatable bonds is 3. The van der Waals surface area contributed by atoms with Crippen LogP contribution in [0.4, 0.5) is 5.69 Å². The Kier molecular flexibility index (Phi) is 3.65. The lowest BCUT2D eigenvalue weighted by molar-refractivity contribution is 0.936. The van der Waals surface area contributed by atoms with Crippen LogP contribution in [0.2, 0.25) is 0 Å². The van der Waals surface area contributed by atoms with E-state index in [-0.39, 0.29) is 5.56 Å². The zero-order valence-electron chi connectivity index (χ0n) is 14.0. The quantitative estimate of drug-likeness (QED) is 0.528. The molecule has 1 N–H and O–H groups in total. The van der Waals surface area contributed by atoms with E-state index in [4.69, 9.17) is 0 Å². The first-order valence-electron chi connectivity index (χ1n) is 8.34. The van der Waals surface area contributed by atoms with Crippen LogP contribution in [-0.4, -0.2) is 19.6 Å². The molecule has 6 nitrogen and oxygen atoms in total. The van der Waals surface area contributed by atoms with Crippen LogP contribution in [0.5, 0.6) is 0 Å². The first kappa shape index (κ1) is 15.7. The van der Waals surface area contributed by atoms with E-state index in [2.05, 4.69) is 32.5 Å². The molecule has 0 aliphatic carbocycles. The summed E-state index contributed by atoms with van der Waals surface area (Å²) in [4.78, 5) is 21.7. The molecule has 2 aromatic carbocycles. The van der Waals surface area contributed by atoms with Crippen LogP contribution in [0, 0.1) is 0 Å². The fourth-order valence-electron chi connectivity index (χ4n) is 2.95. The molecule has 5 rings (SSSR count). The Morgan fingerprint density at radius 1 is 1.00 bits per heavy atom. The molecule has 0 unspecified atom stereocenters. The van der Waals surface area contributed by atoms with E-state index in [0.29, 0.717) is 15.3 Å². The van der Waals surface area contributed by atoms with Crippen molar-refractivity contribution >= 4 is 39.0 Å². The number of hydrogen-bond acceptors (Lipinski definition) is 6. The predicted molar refractivity (Wildman–Crippen MR) is 108 cm³/mol. The van der Waals surface area contributed by atoms with Crippen molar-refractivity contribution in [3.05, 3.63) is 81.9 Å². The molecule has 0 spiro atoms. The number of nitrogens with one attached hydrogen (secondary N) is 1. The number of benzene rings is 2. The second kappa shape index (κ2) is 6.30. The average molecular weight is 371 g/mol. The molecule has 5 aromatic rings. The van der Waals surface area contributed by atoms with Gasteiger partial charge in [0.1, 0.15) is 4.53 Å². The second-order valence-electron chi connectivity index (χ2n) is 5.95. The van der Waals surface area contributed by atoms with Gasteiger partial charge in [0.05, 0.1) is 0 Å². The maximum Gasteiger partial charge on any atom is 0.292 e. The van der Waals surface area contributed by atoms with Gasteiger partial charge in [-0.25, -0.2) is 0 Å². The monoisotopic (exact) mass is 371 g/mol. The van der Waals surface area contributed by atoms with Gasteiger partial charge in [0.25, 0.3) is 5.56 Å². The molecule has 7 heteroatoms. The largest absolute Gasteiger partial charge is 0.360 e. The lowest BCUT2D eigenvalue weighted by atomic mass is 10.1. The van der Waals surface area contributed by atoms with Gasteiger partial charge in [0.15, 0.2) is 5.82 Å². The van der Waals surface area contributed by atoms with Crippen LogP contribution < -0.4 is 15.4 Å². The fraction of sp³-hybridized carbons (Fsp3) is 0. The minimum atomic E-state index is -0.185. The SMILES string of the molecule is O=c1/c(=C/Nc2cccc3ccccc23)sc2nc(-c3ccncc3)nn12. The van der Waals surface area contributed by atoms with Crippen molar-refractivity contribution in [1.82, 2.24) is 19.6 Å². The average Bonchev–Trinajstić information content (AvgIpc) is 3.26. The van der Waals surface area contributed by atoms with Crippen molar-refractivity contribution in [3.8, 4) is 11.4 Å². The van der Waals surface area contributed by atoms with E-state index in [1.165, 1.54) is 15.9 Å². The van der Waals surface area contributed by atoms with Gasteiger partial charge in [-0.05, 0) is 23.6 Å². The van der Waals surface area contributed by atoms with Gasteiger partial charge in [0.2, 0.25) is 4.96 Å². The summed E-state index contributed by atoms with van der Waals surface area (Å²) in [5.41, 5.74) is 1.60. The third kappa shape index (κ3) is 2.74. The highest BCUT2D eigenvalue weighted by molar-refractivity contribution is 7.15. The number of nitrogens with zero attached hydrogens (tertiary/aromatic N) is 4. The second-order valence-corrected chi connectivity index (χ2v) is 6.96. The molecule has 0 radical (unpaired) electrons. The van der Waals surface area contributed by atoms with Crippen LogP contribution in [0.1, 0.15) is 0 Å². The zero-order valence-corrected chi connectivity index (χ0v) is 14.9. The highest BCUT2D eigenvalue weighted by Crippen LogP contribution is 2.22. The zero-order chi connectivity index (χ0) is 18.2. The van der Waals surface area contributed by atoms with Crippen molar-refractivity contribution in [2.45, 2.75) is 0 Å². The fourth-order valence-corrected chi connectivity index (χ4v) is 3.78. The molecule has 0 amide bonds. The summed E-state index contributed by atoms with van der Waals surface area (Å²) in [6.45, 7) is 0. The number of fused-ring (bicyclic) bond motifs is 2. The molecule has 27 heavy (non-hydrogen) atoms. The third-order valence-corrected chi connectivity index (χ3v) is 5.23. The summed E-state index contributed by atoms with van der Waals surface area (Å²) in [7, 11) is 0. The Morgan fingerprint density at radius 3 is 2.67 bits per heavy atom. The molecule has 0 atom stereocenters. The number of hydrogen-bond donors (Lipinski definition) is 1. The van der Waals surface area contributed by atoms with Crippen molar-refractivity contribution < 1.29 is 0 Å². The molecule has 0 saturated carbocycles. The highest BCUT2D eigenvalue weighted by Gasteiger charge is 2.11. The van der Waals surface area contributed by atoms with Crippen LogP contribution >= 0.6 is 11.3 Å². The molecule has 0 bridgehead atoms. The molecule has 3 heterocycles. The van der Waals surface area contributed by atoms with E-state index < -0.39 is 0 Å². The minimum Gasteiger partial charge on any atom is -0.360 e. The van der Waals surface area contributed by atoms with Crippen LogP contribution in [-0.2, 0) is 0 Å². The lowest BCUT2D eigenvalue weighted by Gasteiger charge is -2.05. The summed E-state index contributed by atoms with van der Waals surface area (Å²) >= 11 is 1.31. The van der Waals surface area contributed by atoms with Crippen LogP contribution in [0.25, 0.3) is 33.3 Å². The van der Waals surface area contributed by atoms with Gasteiger partial charge in [-0.1, -0.05) is 47.7 Å². The maximum atomic E-state index is 12.6. The smallest absolute Gasteiger partial charge is 0.292 e. The molecule has 0 fully saturated rings. The number of aromatic nitrogens is 4. The van der Waals surface area contributed by atoms with E-state index in [1.807, 2.05) is 42.5 Å². The first-order chi connectivity index (χ1) is 13.3. The number of anilines is 1. The summed E-state index contributed by atoms with van der Waals surface area (Å²) in [6.07, 6.45) is 5.07. The number of pyridine rings is 1. The molecule has 130 valence electrons. The minimum absolute atomic E-state index is 0.185. The Hall–Kier alpha value is -3.58. The summed E-state index contributed by atoms with van der Waals surface area (Å²) in [5.74, 6) is 0.523. The Balaban J connectivity index is 1.54. The van der Waals surface area contributed by atoms with Crippen molar-refractivity contribution in [3.63, 3.8) is 0 Å². The van der Waals surface area contributed by atoms with E-state index in [1.54, 1.807) is 18.6 Å². The van der Waals surface area contributed by atoms with E-state index in [9.17, 15) is 4.79 Å². The molecular weight excluding hydrogens is 358 g/mol. The molecule has 0 aliphatic heterocycles. The molecular formula is C20H13N5OS. The summed E-state index contributed by atoms with van der Waals surface area (Å²) in [5, 5.41) is 9.83. The molecule has 3 aromatic heterocycles. The summed E-state index contributed by atoms with van der Waals surface area (Å²) in [6, 6.07) is 17.8. The van der Waals surface area contributed by atoms with Crippen LogP contribution in [0.3, 0.4) is 0 Å². The Labute approximate surface area is 157 Å². The predicted octanol–water partition coefficient (Wildman–Crippen LogP) is 2.94. The normalized spacial score (nSPS) is 12.1. The van der Waals surface area contributed by atoms with Gasteiger partial charge in [-0.15, -0.1) is 5.10 Å². The van der Waals surface area contributed by atoms with Gasteiger partial charge in [0, 0.05) is 35.2 Å². The molecule has 0 saturated heterocycles. The third-order valence-electron chi connectivity index (χ3n) is 4.27. The number of thiazole rings is 1. The van der Waals surface area contributed by atoms with E-state index in [0.717, 1.165) is 22.0 Å². The molecule has 0 aliphatic rings. The van der Waals surface area contributed by atoms with Gasteiger partial charge in [-0.3, -0.25) is 9.78 Å². The summed E-state index contributed by atoms with van der Waals surface area (Å²) < 4.78 is 1.90. The standard InChI is InChI=1S/C20H13N5OS/c26-19-17(12-22-16-7-3-5-13-4-1-2-6-15(13)16)27-20-23-18(24-25(19)20)14-8-10-21-11-9-14/h1-12,22H/b17-12-. The Bertz CT molecular complexity index is 1370. The van der Waals surface area contributed by atoms with E-state index >= 15 is 0 Å². The van der Waals surface area contributed by atoms with Crippen molar-refractivity contribution in [2.75, 3.05) is 5.32 Å². The topological polar surface area (TPSA) is 72.2 Å². The maximum absolute atomic E-state index is 12.6. The van der Waals surface area contributed by atoms with Gasteiger partial charge in [-0.2, -0.15) is 9.50 Å². The van der Waals surface area contributed by atoms with Crippen molar-refractivity contribution in [2.24, 2.45) is 0 Å². The van der Waals surface area contributed by atoms with Gasteiger partial charge >= 0.3 is 0 Å². The van der Waals surface area contributed by atoms with Crippen molar-refractivity contribution in [1.29, 1.82) is 0 Å².